The second kappa shape index (κ2) is 8.57. The number of allylic oxidation sites excluding steroid dienone is 1. The molecule has 0 radical (unpaired) electrons. The summed E-state index contributed by atoms with van der Waals surface area (Å²) < 4.78 is 13.9. The molecule has 2 aliphatic carbocycles. The Hall–Kier alpha value is -3.59. The van der Waals surface area contributed by atoms with Crippen LogP contribution in [0.3, 0.4) is 0 Å². The van der Waals surface area contributed by atoms with Crippen molar-refractivity contribution in [2.24, 2.45) is 9.98 Å². The third-order valence-electron chi connectivity index (χ3n) is 6.85. The number of fused-ring (bicyclic) bond motifs is 2. The van der Waals surface area contributed by atoms with Crippen LogP contribution in [0, 0.1) is 0 Å². The maximum atomic E-state index is 5.56. The van der Waals surface area contributed by atoms with E-state index in [4.69, 9.17) is 19.6 Å². The monoisotopic (exact) mass is 486 g/mol. The first kappa shape index (κ1) is 21.9. The van der Waals surface area contributed by atoms with Gasteiger partial charge >= 0.3 is 6.02 Å². The van der Waals surface area contributed by atoms with Gasteiger partial charge in [0, 0.05) is 17.1 Å². The summed E-state index contributed by atoms with van der Waals surface area (Å²) in [5.41, 5.74) is 9.19. The number of amidine groups is 1. The topological polar surface area (TPSA) is 86.3 Å². The summed E-state index contributed by atoms with van der Waals surface area (Å²) in [4.78, 5) is 17.6. The van der Waals surface area contributed by atoms with Crippen molar-refractivity contribution in [2.45, 2.75) is 43.9 Å². The highest BCUT2D eigenvalue weighted by Gasteiger charge is 2.42. The number of hydrogen-bond donors (Lipinski definition) is 0. The SMILES string of the molecule is C=NC(=N/C(OC)=C(\C)c1cc([C@H]2C[C@@H]2c2ccc3ncsc3c2)c2nc(C3CC3)cn2n1)OC. The highest BCUT2D eigenvalue weighted by Crippen LogP contribution is 2.56. The van der Waals surface area contributed by atoms with Gasteiger partial charge in [-0.1, -0.05) is 6.07 Å². The van der Waals surface area contributed by atoms with E-state index in [9.17, 15) is 0 Å². The van der Waals surface area contributed by atoms with Crippen LogP contribution >= 0.6 is 11.3 Å². The smallest absolute Gasteiger partial charge is 0.318 e. The number of aromatic nitrogens is 4. The molecule has 0 N–H and O–H groups in total. The molecular weight excluding hydrogens is 460 g/mol. The highest BCUT2D eigenvalue weighted by molar-refractivity contribution is 7.16. The van der Waals surface area contributed by atoms with Gasteiger partial charge in [-0.15, -0.1) is 11.3 Å². The van der Waals surface area contributed by atoms with Crippen LogP contribution in [-0.2, 0) is 9.47 Å². The number of benzene rings is 1. The van der Waals surface area contributed by atoms with Gasteiger partial charge in [0.15, 0.2) is 5.65 Å². The molecular formula is C26H26N6O2S. The Kier molecular flexibility index (Phi) is 5.36. The lowest BCUT2D eigenvalue weighted by Crippen LogP contribution is -2.04. The minimum Gasteiger partial charge on any atom is -0.481 e. The summed E-state index contributed by atoms with van der Waals surface area (Å²) in [6.07, 6.45) is 5.56. The number of hydrogen-bond acceptors (Lipinski definition) is 7. The summed E-state index contributed by atoms with van der Waals surface area (Å²) in [5.74, 6) is 1.77. The zero-order valence-electron chi connectivity index (χ0n) is 19.9. The van der Waals surface area contributed by atoms with Crippen LogP contribution in [0.2, 0.25) is 0 Å². The Morgan fingerprint density at radius 3 is 2.77 bits per heavy atom. The Bertz CT molecular complexity index is 1510. The second-order valence-electron chi connectivity index (χ2n) is 9.11. The lowest BCUT2D eigenvalue weighted by molar-refractivity contribution is 0.285. The molecule has 0 unspecified atom stereocenters. The molecule has 3 heterocycles. The van der Waals surface area contributed by atoms with E-state index in [1.165, 1.54) is 35.8 Å². The number of rotatable bonds is 6. The molecule has 0 amide bonds. The fourth-order valence-electron chi connectivity index (χ4n) is 4.68. The molecule has 4 aromatic rings. The van der Waals surface area contributed by atoms with Gasteiger partial charge in [-0.3, -0.25) is 0 Å². The van der Waals surface area contributed by atoms with Crippen LogP contribution in [-0.4, -0.2) is 46.5 Å². The molecule has 35 heavy (non-hydrogen) atoms. The zero-order valence-corrected chi connectivity index (χ0v) is 20.7. The van der Waals surface area contributed by atoms with Gasteiger partial charge in [0.05, 0.1) is 47.5 Å². The average molecular weight is 487 g/mol. The number of ether oxygens (including phenoxy) is 2. The minimum absolute atomic E-state index is 0.141. The Morgan fingerprint density at radius 1 is 1.17 bits per heavy atom. The zero-order chi connectivity index (χ0) is 24.1. The van der Waals surface area contributed by atoms with Crippen LogP contribution < -0.4 is 0 Å². The summed E-state index contributed by atoms with van der Waals surface area (Å²) in [7, 11) is 3.08. The molecule has 0 bridgehead atoms. The molecule has 6 rings (SSSR count). The lowest BCUT2D eigenvalue weighted by atomic mass is 10.0. The molecule has 9 heteroatoms. The standard InChI is InChI=1S/C26H26N6O2S/c1-14(25(33-3)30-26(27-2)34-4)21-11-19(24-29-22(15-5-6-15)12-32(24)31-21)18-10-17(18)16-7-8-20-23(9-16)35-13-28-20/h7-9,11-13,15,17-18H,2,5-6,10H2,1,3-4H3/b25-14-,30-26?/t17-,18+/m1/s1. The average Bonchev–Trinajstić information content (AvgIpc) is 3.80. The molecule has 0 aliphatic heterocycles. The first-order valence-corrected chi connectivity index (χ1v) is 12.6. The van der Waals surface area contributed by atoms with Gasteiger partial charge in [-0.2, -0.15) is 10.1 Å². The van der Waals surface area contributed by atoms with E-state index in [2.05, 4.69) is 52.1 Å². The van der Waals surface area contributed by atoms with Crippen LogP contribution in [0.4, 0.5) is 0 Å². The third-order valence-corrected chi connectivity index (χ3v) is 7.65. The molecule has 2 saturated carbocycles. The first-order valence-electron chi connectivity index (χ1n) is 11.7. The largest absolute Gasteiger partial charge is 0.481 e. The van der Waals surface area contributed by atoms with E-state index >= 15 is 0 Å². The number of aliphatic imine (C=N–C) groups is 2. The lowest BCUT2D eigenvalue weighted by Gasteiger charge is -2.10. The molecule has 8 nitrogen and oxygen atoms in total. The maximum absolute atomic E-state index is 5.56. The van der Waals surface area contributed by atoms with Crippen molar-refractivity contribution in [1.29, 1.82) is 0 Å². The van der Waals surface area contributed by atoms with Crippen molar-refractivity contribution in [2.75, 3.05) is 14.2 Å². The Balaban J connectivity index is 1.44. The van der Waals surface area contributed by atoms with E-state index in [0.29, 0.717) is 23.6 Å². The van der Waals surface area contributed by atoms with Crippen LogP contribution in [0.1, 0.15) is 66.5 Å². The summed E-state index contributed by atoms with van der Waals surface area (Å²) >= 11 is 1.69. The second-order valence-corrected chi connectivity index (χ2v) is 10.00. The van der Waals surface area contributed by atoms with Gasteiger partial charge in [-0.05, 0) is 68.5 Å². The molecule has 2 fully saturated rings. The van der Waals surface area contributed by atoms with Crippen LogP contribution in [0.5, 0.6) is 0 Å². The highest BCUT2D eigenvalue weighted by atomic mass is 32.1. The molecule has 0 spiro atoms. The summed E-state index contributed by atoms with van der Waals surface area (Å²) in [6, 6.07) is 8.91. The van der Waals surface area contributed by atoms with Gasteiger partial charge < -0.3 is 9.47 Å². The van der Waals surface area contributed by atoms with E-state index in [1.807, 2.05) is 16.9 Å². The van der Waals surface area contributed by atoms with Crippen molar-refractivity contribution in [3.8, 4) is 0 Å². The molecule has 2 atom stereocenters. The molecule has 3 aromatic heterocycles. The van der Waals surface area contributed by atoms with Crippen molar-refractivity contribution >= 4 is 45.5 Å². The van der Waals surface area contributed by atoms with Crippen LogP contribution in [0.25, 0.3) is 21.4 Å². The van der Waals surface area contributed by atoms with Crippen molar-refractivity contribution in [3.05, 3.63) is 64.4 Å². The first-order chi connectivity index (χ1) is 17.1. The van der Waals surface area contributed by atoms with Gasteiger partial charge in [-0.25, -0.2) is 19.5 Å². The molecule has 0 saturated heterocycles. The van der Waals surface area contributed by atoms with Crippen molar-refractivity contribution in [3.63, 3.8) is 0 Å². The van der Waals surface area contributed by atoms with E-state index < -0.39 is 0 Å². The van der Waals surface area contributed by atoms with E-state index in [1.54, 1.807) is 18.4 Å². The summed E-state index contributed by atoms with van der Waals surface area (Å²) in [6.45, 7) is 5.44. The van der Waals surface area contributed by atoms with Crippen molar-refractivity contribution in [1.82, 2.24) is 19.6 Å². The molecule has 178 valence electrons. The number of thiazole rings is 1. The Morgan fingerprint density at radius 2 is 2.03 bits per heavy atom. The molecule has 2 aliphatic rings. The quantitative estimate of drug-likeness (QED) is 0.203. The predicted octanol–water partition coefficient (Wildman–Crippen LogP) is 5.53. The number of imidazole rings is 1. The fourth-order valence-corrected chi connectivity index (χ4v) is 5.41. The number of nitrogens with zero attached hydrogens (tertiary/aromatic N) is 6. The van der Waals surface area contributed by atoms with E-state index in [-0.39, 0.29) is 6.02 Å². The third kappa shape index (κ3) is 3.99. The normalized spacial score (nSPS) is 20.7. The molecule has 1 aromatic carbocycles. The summed E-state index contributed by atoms with van der Waals surface area (Å²) in [5, 5.41) is 4.89. The van der Waals surface area contributed by atoms with Gasteiger partial charge in [0.25, 0.3) is 0 Å². The van der Waals surface area contributed by atoms with E-state index in [0.717, 1.165) is 34.5 Å². The van der Waals surface area contributed by atoms with Crippen LogP contribution in [0.15, 0.2) is 51.8 Å². The maximum Gasteiger partial charge on any atom is 0.318 e. The fraction of sp³-hybridized carbons (Fsp3) is 0.346. The predicted molar refractivity (Wildman–Crippen MR) is 138 cm³/mol. The number of methoxy groups -OCH3 is 2. The minimum atomic E-state index is 0.141. The van der Waals surface area contributed by atoms with Gasteiger partial charge in [0.2, 0.25) is 5.88 Å². The van der Waals surface area contributed by atoms with Gasteiger partial charge in [0.1, 0.15) is 0 Å². The van der Waals surface area contributed by atoms with Crippen molar-refractivity contribution < 1.29 is 9.47 Å². The Labute approximate surface area is 207 Å².